The van der Waals surface area contributed by atoms with Gasteiger partial charge in [0, 0.05) is 12.0 Å². The van der Waals surface area contributed by atoms with Crippen molar-refractivity contribution in [1.82, 2.24) is 0 Å². The van der Waals surface area contributed by atoms with Crippen LogP contribution in [0.15, 0.2) is 47.6 Å². The topological polar surface area (TPSA) is 17.1 Å². The van der Waals surface area contributed by atoms with Crippen molar-refractivity contribution >= 4 is 11.9 Å². The Kier molecular flexibility index (Phi) is 3.35. The number of ketones is 1. The minimum atomic E-state index is 0.288. The van der Waals surface area contributed by atoms with Gasteiger partial charge in [-0.1, -0.05) is 48.1 Å². The number of benzene rings is 1. The largest absolute Gasteiger partial charge is 0.294 e. The molecule has 1 heteroatoms. The third-order valence-corrected chi connectivity index (χ3v) is 2.96. The van der Waals surface area contributed by atoms with E-state index in [-0.39, 0.29) is 5.78 Å². The van der Waals surface area contributed by atoms with Crippen molar-refractivity contribution in [1.29, 1.82) is 0 Å². The number of allylic oxidation sites excluding steroid dienone is 3. The number of Topliss-reactive ketones (excluding diaryl/α,β-unsaturated/α-hetero) is 1. The fraction of sp³-hybridized carbons (Fsp3) is 0.267. The smallest absolute Gasteiger partial charge is 0.162 e. The minimum Gasteiger partial charge on any atom is -0.294 e. The summed E-state index contributed by atoms with van der Waals surface area (Å²) in [7, 11) is 0. The molecule has 0 saturated carbocycles. The summed E-state index contributed by atoms with van der Waals surface area (Å²) >= 11 is 0. The zero-order valence-corrected chi connectivity index (χ0v) is 9.57. The van der Waals surface area contributed by atoms with Crippen molar-refractivity contribution in [2.24, 2.45) is 0 Å². The van der Waals surface area contributed by atoms with Gasteiger partial charge >= 0.3 is 0 Å². The fourth-order valence-corrected chi connectivity index (χ4v) is 2.00. The van der Waals surface area contributed by atoms with Crippen LogP contribution in [-0.4, -0.2) is 5.78 Å². The van der Waals surface area contributed by atoms with E-state index in [0.29, 0.717) is 6.42 Å². The van der Waals surface area contributed by atoms with E-state index in [1.807, 2.05) is 42.5 Å². The summed E-state index contributed by atoms with van der Waals surface area (Å²) in [5.41, 5.74) is 3.28. The molecular formula is C15H16O. The van der Waals surface area contributed by atoms with Gasteiger partial charge in [0.05, 0.1) is 0 Å². The Labute approximate surface area is 96.5 Å². The lowest BCUT2D eigenvalue weighted by molar-refractivity contribution is -0.115. The Bertz CT molecular complexity index is 438. The highest BCUT2D eigenvalue weighted by molar-refractivity contribution is 6.00. The molecule has 1 nitrogen and oxygen atoms in total. The van der Waals surface area contributed by atoms with E-state index in [0.717, 1.165) is 24.0 Å². The highest BCUT2D eigenvalue weighted by Crippen LogP contribution is 2.22. The van der Waals surface area contributed by atoms with Crippen molar-refractivity contribution < 1.29 is 4.79 Å². The second-order valence-electron chi connectivity index (χ2n) is 4.21. The van der Waals surface area contributed by atoms with Gasteiger partial charge in [-0.3, -0.25) is 4.79 Å². The Balaban J connectivity index is 2.21. The van der Waals surface area contributed by atoms with Gasteiger partial charge in [-0.05, 0) is 25.3 Å². The monoisotopic (exact) mass is 212 g/mol. The van der Waals surface area contributed by atoms with Crippen LogP contribution in [-0.2, 0) is 4.79 Å². The lowest BCUT2D eigenvalue weighted by atomic mass is 9.91. The lowest BCUT2D eigenvalue weighted by Crippen LogP contribution is -2.08. The van der Waals surface area contributed by atoms with Crippen LogP contribution in [0.1, 0.15) is 31.7 Å². The van der Waals surface area contributed by atoms with Gasteiger partial charge < -0.3 is 0 Å². The maximum absolute atomic E-state index is 11.7. The molecule has 0 atom stereocenters. The highest BCUT2D eigenvalue weighted by atomic mass is 16.1. The number of hydrogen-bond donors (Lipinski definition) is 0. The molecule has 1 aliphatic rings. The molecule has 0 radical (unpaired) electrons. The number of rotatable bonds is 2. The van der Waals surface area contributed by atoms with E-state index in [2.05, 4.69) is 6.92 Å². The van der Waals surface area contributed by atoms with Crippen molar-refractivity contribution in [2.45, 2.75) is 26.2 Å². The van der Waals surface area contributed by atoms with E-state index in [1.54, 1.807) is 0 Å². The molecule has 0 fully saturated rings. The zero-order valence-electron chi connectivity index (χ0n) is 9.57. The zero-order chi connectivity index (χ0) is 11.4. The van der Waals surface area contributed by atoms with Crippen LogP contribution >= 0.6 is 0 Å². The molecule has 1 aromatic carbocycles. The summed E-state index contributed by atoms with van der Waals surface area (Å²) in [6.45, 7) is 2.06. The predicted octanol–water partition coefficient (Wildman–Crippen LogP) is 3.77. The summed E-state index contributed by atoms with van der Waals surface area (Å²) in [6.07, 6.45) is 6.74. The number of carbonyl (C=O) groups excluding carboxylic acids is 1. The molecule has 0 spiro atoms. The number of hydrogen-bond acceptors (Lipinski definition) is 1. The molecule has 0 bridgehead atoms. The quantitative estimate of drug-likeness (QED) is 0.729. The van der Waals surface area contributed by atoms with Gasteiger partial charge in [0.1, 0.15) is 0 Å². The molecule has 1 aromatic rings. The molecule has 16 heavy (non-hydrogen) atoms. The van der Waals surface area contributed by atoms with Crippen molar-refractivity contribution in [2.75, 3.05) is 0 Å². The van der Waals surface area contributed by atoms with Crippen LogP contribution in [0.25, 0.3) is 6.08 Å². The molecule has 0 aromatic heterocycles. The lowest BCUT2D eigenvalue weighted by Gasteiger charge is -2.13. The molecule has 0 heterocycles. The average molecular weight is 212 g/mol. The average Bonchev–Trinajstić information content (AvgIpc) is 2.30. The third kappa shape index (κ3) is 2.48. The van der Waals surface area contributed by atoms with E-state index >= 15 is 0 Å². The summed E-state index contributed by atoms with van der Waals surface area (Å²) < 4.78 is 0. The minimum absolute atomic E-state index is 0.288. The fourth-order valence-electron chi connectivity index (χ4n) is 2.00. The van der Waals surface area contributed by atoms with Gasteiger partial charge in [0.2, 0.25) is 0 Å². The van der Waals surface area contributed by atoms with E-state index < -0.39 is 0 Å². The van der Waals surface area contributed by atoms with Crippen molar-refractivity contribution in [3.8, 4) is 0 Å². The van der Waals surface area contributed by atoms with Crippen LogP contribution < -0.4 is 0 Å². The third-order valence-electron chi connectivity index (χ3n) is 2.96. The van der Waals surface area contributed by atoms with Gasteiger partial charge in [0.25, 0.3) is 0 Å². The maximum atomic E-state index is 11.7. The van der Waals surface area contributed by atoms with Gasteiger partial charge in [-0.25, -0.2) is 0 Å². The van der Waals surface area contributed by atoms with E-state index in [4.69, 9.17) is 0 Å². The molecule has 82 valence electrons. The first kappa shape index (κ1) is 10.9. The number of carbonyl (C=O) groups is 1. The highest BCUT2D eigenvalue weighted by Gasteiger charge is 2.14. The van der Waals surface area contributed by atoms with Gasteiger partial charge in [-0.2, -0.15) is 0 Å². The molecule has 0 saturated heterocycles. The van der Waals surface area contributed by atoms with Crippen LogP contribution in [0.5, 0.6) is 0 Å². The van der Waals surface area contributed by atoms with Crippen LogP contribution in [0.3, 0.4) is 0 Å². The molecule has 0 amide bonds. The first-order valence-electron chi connectivity index (χ1n) is 5.73. The predicted molar refractivity (Wildman–Crippen MR) is 67.0 cm³/mol. The summed E-state index contributed by atoms with van der Waals surface area (Å²) in [6, 6.07) is 10.1. The van der Waals surface area contributed by atoms with E-state index in [1.165, 1.54) is 5.57 Å². The normalized spacial score (nSPS) is 17.2. The van der Waals surface area contributed by atoms with Crippen LogP contribution in [0.2, 0.25) is 0 Å². The Morgan fingerprint density at radius 2 is 1.81 bits per heavy atom. The molecule has 1 aliphatic carbocycles. The molecule has 0 N–H and O–H groups in total. The van der Waals surface area contributed by atoms with Gasteiger partial charge in [-0.15, -0.1) is 0 Å². The molecule has 0 aliphatic heterocycles. The Morgan fingerprint density at radius 1 is 1.06 bits per heavy atom. The summed E-state index contributed by atoms with van der Waals surface area (Å²) in [4.78, 5) is 11.7. The first-order chi connectivity index (χ1) is 7.77. The summed E-state index contributed by atoms with van der Waals surface area (Å²) in [5.74, 6) is 0.288. The van der Waals surface area contributed by atoms with Gasteiger partial charge in [0.15, 0.2) is 5.78 Å². The summed E-state index contributed by atoms with van der Waals surface area (Å²) in [5, 5.41) is 0. The second-order valence-corrected chi connectivity index (χ2v) is 4.21. The standard InChI is InChI=1S/C15H16O/c1-12-6-5-9-15(16)14(12)11-10-13-7-3-2-4-8-13/h2-4,7-8,10-11H,5-6,9H2,1H3/b11-10+. The maximum Gasteiger partial charge on any atom is 0.162 e. The van der Waals surface area contributed by atoms with Crippen molar-refractivity contribution in [3.63, 3.8) is 0 Å². The molecular weight excluding hydrogens is 196 g/mol. The van der Waals surface area contributed by atoms with E-state index in [9.17, 15) is 4.79 Å². The first-order valence-corrected chi connectivity index (χ1v) is 5.73. The Hall–Kier alpha value is -1.63. The van der Waals surface area contributed by atoms with Crippen molar-refractivity contribution in [3.05, 3.63) is 53.1 Å². The second kappa shape index (κ2) is 4.93. The molecule has 0 unspecified atom stereocenters. The SMILES string of the molecule is CC1=C(/C=C/c2ccccc2)C(=O)CCC1. The Morgan fingerprint density at radius 3 is 2.50 bits per heavy atom. The van der Waals surface area contributed by atoms with Crippen LogP contribution in [0.4, 0.5) is 0 Å². The van der Waals surface area contributed by atoms with Crippen LogP contribution in [0, 0.1) is 0 Å². The molecule has 2 rings (SSSR count).